The lowest BCUT2D eigenvalue weighted by atomic mass is 10.1. The maximum Gasteiger partial charge on any atom is 0.262 e. The van der Waals surface area contributed by atoms with Crippen molar-refractivity contribution in [2.24, 2.45) is 0 Å². The molecular formula is C17H20N2O2. The molecule has 0 aromatic heterocycles. The molecule has 110 valence electrons. The van der Waals surface area contributed by atoms with E-state index in [4.69, 9.17) is 10.00 Å². The lowest BCUT2D eigenvalue weighted by Gasteiger charge is -2.06. The third kappa shape index (κ3) is 4.96. The third-order valence-electron chi connectivity index (χ3n) is 3.21. The number of unbranched alkanes of at least 4 members (excludes halogenated alkanes) is 1. The van der Waals surface area contributed by atoms with Crippen molar-refractivity contribution in [1.82, 2.24) is 5.32 Å². The molecule has 1 amide bonds. The first-order valence-corrected chi connectivity index (χ1v) is 7.38. The summed E-state index contributed by atoms with van der Waals surface area (Å²) in [5, 5.41) is 11.9. The molecule has 0 bridgehead atoms. The quantitative estimate of drug-likeness (QED) is 0.475. The highest BCUT2D eigenvalue weighted by Crippen LogP contribution is 2.20. The van der Waals surface area contributed by atoms with Crippen molar-refractivity contribution in [3.63, 3.8) is 0 Å². The van der Waals surface area contributed by atoms with Crippen molar-refractivity contribution in [1.29, 1.82) is 5.26 Å². The average molecular weight is 284 g/mol. The number of carbonyl (C=O) groups is 1. The van der Waals surface area contributed by atoms with Gasteiger partial charge in [-0.2, -0.15) is 5.26 Å². The van der Waals surface area contributed by atoms with Crippen LogP contribution in [0.1, 0.15) is 38.2 Å². The van der Waals surface area contributed by atoms with E-state index in [0.717, 1.165) is 37.0 Å². The van der Waals surface area contributed by atoms with Gasteiger partial charge in [-0.1, -0.05) is 25.5 Å². The van der Waals surface area contributed by atoms with E-state index in [1.165, 1.54) is 0 Å². The second-order valence-electron chi connectivity index (χ2n) is 5.19. The van der Waals surface area contributed by atoms with Crippen LogP contribution in [0.5, 0.6) is 5.75 Å². The summed E-state index contributed by atoms with van der Waals surface area (Å²) >= 11 is 0. The Morgan fingerprint density at radius 3 is 3.00 bits per heavy atom. The molecule has 0 heterocycles. The van der Waals surface area contributed by atoms with E-state index in [1.807, 2.05) is 30.3 Å². The molecular weight excluding hydrogens is 264 g/mol. The van der Waals surface area contributed by atoms with Crippen molar-refractivity contribution >= 4 is 12.0 Å². The van der Waals surface area contributed by atoms with Crippen LogP contribution in [0, 0.1) is 11.3 Å². The molecule has 0 spiro atoms. The summed E-state index contributed by atoms with van der Waals surface area (Å²) in [5.41, 5.74) is 0.930. The Labute approximate surface area is 125 Å². The fourth-order valence-corrected chi connectivity index (χ4v) is 1.83. The number of nitrogens with one attached hydrogen (secondary N) is 1. The minimum atomic E-state index is -0.294. The molecule has 21 heavy (non-hydrogen) atoms. The van der Waals surface area contributed by atoms with E-state index >= 15 is 0 Å². The van der Waals surface area contributed by atoms with Gasteiger partial charge in [-0.25, -0.2) is 0 Å². The van der Waals surface area contributed by atoms with Crippen molar-refractivity contribution in [2.45, 2.75) is 38.6 Å². The summed E-state index contributed by atoms with van der Waals surface area (Å²) < 4.78 is 5.62. The van der Waals surface area contributed by atoms with Gasteiger partial charge in [0, 0.05) is 6.04 Å². The van der Waals surface area contributed by atoms with E-state index in [2.05, 4.69) is 12.2 Å². The van der Waals surface area contributed by atoms with Gasteiger partial charge in [-0.05, 0) is 43.0 Å². The Bertz CT molecular complexity index is 568. The van der Waals surface area contributed by atoms with Gasteiger partial charge in [0.25, 0.3) is 5.91 Å². The maximum absolute atomic E-state index is 11.9. The van der Waals surface area contributed by atoms with Gasteiger partial charge in [0.1, 0.15) is 17.4 Å². The standard InChI is InChI=1S/C17H20N2O2/c1-2-3-9-21-16-6-4-5-13(11-16)10-14(12-18)17(20)19-15-7-8-15/h4-6,10-11,15H,2-3,7-9H2,1H3,(H,19,20). The Kier molecular flexibility index (Phi) is 5.39. The lowest BCUT2D eigenvalue weighted by Crippen LogP contribution is -2.26. The van der Waals surface area contributed by atoms with Crippen LogP contribution in [-0.2, 0) is 4.79 Å². The molecule has 4 heteroatoms. The molecule has 1 saturated carbocycles. The van der Waals surface area contributed by atoms with Crippen LogP contribution in [0.3, 0.4) is 0 Å². The fraction of sp³-hybridized carbons (Fsp3) is 0.412. The van der Waals surface area contributed by atoms with E-state index in [-0.39, 0.29) is 17.5 Å². The number of amides is 1. The van der Waals surface area contributed by atoms with Gasteiger partial charge >= 0.3 is 0 Å². The van der Waals surface area contributed by atoms with E-state index in [9.17, 15) is 4.79 Å². The van der Waals surface area contributed by atoms with Gasteiger partial charge in [0.15, 0.2) is 0 Å². The first-order valence-electron chi connectivity index (χ1n) is 7.38. The Morgan fingerprint density at radius 1 is 1.52 bits per heavy atom. The van der Waals surface area contributed by atoms with E-state index in [0.29, 0.717) is 6.61 Å². The Hall–Kier alpha value is -2.28. The zero-order valence-corrected chi connectivity index (χ0v) is 12.3. The average Bonchev–Trinajstić information content (AvgIpc) is 3.29. The minimum absolute atomic E-state index is 0.132. The number of nitrogens with zero attached hydrogens (tertiary/aromatic N) is 1. The highest BCUT2D eigenvalue weighted by atomic mass is 16.5. The zero-order chi connectivity index (χ0) is 15.1. The molecule has 0 saturated heterocycles. The molecule has 0 aliphatic heterocycles. The zero-order valence-electron chi connectivity index (χ0n) is 12.3. The summed E-state index contributed by atoms with van der Waals surface area (Å²) in [7, 11) is 0. The van der Waals surface area contributed by atoms with Crippen LogP contribution in [0.15, 0.2) is 29.8 Å². The summed E-state index contributed by atoms with van der Waals surface area (Å²) in [4.78, 5) is 11.9. The number of ether oxygens (including phenoxy) is 1. The van der Waals surface area contributed by atoms with Crippen LogP contribution in [0.2, 0.25) is 0 Å². The number of carbonyl (C=O) groups excluding carboxylic acids is 1. The highest BCUT2D eigenvalue weighted by molar-refractivity contribution is 6.01. The van der Waals surface area contributed by atoms with Gasteiger partial charge in [0.2, 0.25) is 0 Å². The molecule has 1 aromatic rings. The van der Waals surface area contributed by atoms with Crippen LogP contribution < -0.4 is 10.1 Å². The van der Waals surface area contributed by atoms with Crippen LogP contribution in [0.4, 0.5) is 0 Å². The smallest absolute Gasteiger partial charge is 0.262 e. The third-order valence-corrected chi connectivity index (χ3v) is 3.21. The Morgan fingerprint density at radius 2 is 2.33 bits per heavy atom. The maximum atomic E-state index is 11.9. The van der Waals surface area contributed by atoms with Gasteiger partial charge < -0.3 is 10.1 Å². The molecule has 2 rings (SSSR count). The largest absolute Gasteiger partial charge is 0.494 e. The summed E-state index contributed by atoms with van der Waals surface area (Å²) in [6, 6.07) is 9.65. The van der Waals surface area contributed by atoms with E-state index in [1.54, 1.807) is 6.08 Å². The van der Waals surface area contributed by atoms with Crippen LogP contribution in [-0.4, -0.2) is 18.6 Å². The predicted molar refractivity (Wildman–Crippen MR) is 81.6 cm³/mol. The molecule has 1 aliphatic rings. The molecule has 0 radical (unpaired) electrons. The van der Waals surface area contributed by atoms with Gasteiger partial charge in [-0.15, -0.1) is 0 Å². The highest BCUT2D eigenvalue weighted by Gasteiger charge is 2.24. The lowest BCUT2D eigenvalue weighted by molar-refractivity contribution is -0.117. The molecule has 1 aromatic carbocycles. The molecule has 1 fully saturated rings. The molecule has 0 atom stereocenters. The first kappa shape index (κ1) is 15.1. The van der Waals surface area contributed by atoms with Crippen molar-refractivity contribution in [3.05, 3.63) is 35.4 Å². The van der Waals surface area contributed by atoms with Crippen LogP contribution in [0.25, 0.3) is 6.08 Å². The van der Waals surface area contributed by atoms with E-state index < -0.39 is 0 Å². The number of hydrogen-bond donors (Lipinski definition) is 1. The monoisotopic (exact) mass is 284 g/mol. The molecule has 1 aliphatic carbocycles. The van der Waals surface area contributed by atoms with Crippen LogP contribution >= 0.6 is 0 Å². The van der Waals surface area contributed by atoms with Crippen molar-refractivity contribution in [3.8, 4) is 11.8 Å². The van der Waals surface area contributed by atoms with Crippen molar-refractivity contribution in [2.75, 3.05) is 6.61 Å². The predicted octanol–water partition coefficient (Wildman–Crippen LogP) is 3.05. The molecule has 4 nitrogen and oxygen atoms in total. The number of rotatable bonds is 7. The second-order valence-corrected chi connectivity index (χ2v) is 5.19. The SMILES string of the molecule is CCCCOc1cccc(C=C(C#N)C(=O)NC2CC2)c1. The summed E-state index contributed by atoms with van der Waals surface area (Å²) in [6.45, 7) is 2.79. The summed E-state index contributed by atoms with van der Waals surface area (Å²) in [5.74, 6) is 0.467. The fourth-order valence-electron chi connectivity index (χ4n) is 1.83. The minimum Gasteiger partial charge on any atom is -0.494 e. The molecule has 0 unspecified atom stereocenters. The van der Waals surface area contributed by atoms with Gasteiger partial charge in [0.05, 0.1) is 6.61 Å². The van der Waals surface area contributed by atoms with Crippen molar-refractivity contribution < 1.29 is 9.53 Å². The normalized spacial score (nSPS) is 14.4. The summed E-state index contributed by atoms with van der Waals surface area (Å²) in [6.07, 6.45) is 5.70. The Balaban J connectivity index is 2.04. The number of hydrogen-bond acceptors (Lipinski definition) is 3. The molecule has 1 N–H and O–H groups in total. The van der Waals surface area contributed by atoms with Gasteiger partial charge in [-0.3, -0.25) is 4.79 Å². The second kappa shape index (κ2) is 7.49. The first-order chi connectivity index (χ1) is 10.2. The number of nitriles is 1. The number of benzene rings is 1. The topological polar surface area (TPSA) is 62.1 Å².